The van der Waals surface area contributed by atoms with Crippen LogP contribution in [-0.4, -0.2) is 43.8 Å². The van der Waals surface area contributed by atoms with E-state index in [1.807, 2.05) is 51.1 Å². The molecule has 1 N–H and O–H groups in total. The molecule has 202 valence electrons. The fraction of sp³-hybridized carbons (Fsp3) is 0.310. The van der Waals surface area contributed by atoms with Crippen LogP contribution in [0.3, 0.4) is 0 Å². The largest absolute Gasteiger partial charge is 0.352 e. The minimum atomic E-state index is -4.23. The minimum absolute atomic E-state index is 0.0788. The van der Waals surface area contributed by atoms with E-state index in [0.717, 1.165) is 28.4 Å². The van der Waals surface area contributed by atoms with E-state index in [4.69, 9.17) is 0 Å². The highest BCUT2D eigenvalue weighted by molar-refractivity contribution is 7.92. The summed E-state index contributed by atoms with van der Waals surface area (Å²) in [5, 5.41) is 2.95. The zero-order chi connectivity index (χ0) is 27.7. The van der Waals surface area contributed by atoms with Crippen LogP contribution in [0.15, 0.2) is 89.8 Å². The normalized spacial score (nSPS) is 12.8. The van der Waals surface area contributed by atoms with Crippen molar-refractivity contribution in [1.29, 1.82) is 0 Å². The summed E-state index contributed by atoms with van der Waals surface area (Å²) in [6, 6.07) is 21.1. The molecule has 0 spiro atoms. The van der Waals surface area contributed by atoms with Gasteiger partial charge in [-0.1, -0.05) is 62.4 Å². The quantitative estimate of drug-likeness (QED) is 0.360. The number of anilines is 1. The van der Waals surface area contributed by atoms with Gasteiger partial charge in [0, 0.05) is 12.6 Å². The Morgan fingerprint density at radius 1 is 0.868 bits per heavy atom. The van der Waals surface area contributed by atoms with Gasteiger partial charge >= 0.3 is 0 Å². The maximum atomic E-state index is 13.9. The lowest BCUT2D eigenvalue weighted by atomic mass is 10.1. The SMILES string of the molecule is CC[C@H](C(=O)N[C@@H](C)CC)N(Cc1ccccc1)C(=O)CN(c1ccccc1)S(=O)(=O)c1ccc(F)cc1. The zero-order valence-corrected chi connectivity index (χ0v) is 22.7. The van der Waals surface area contributed by atoms with Crippen molar-refractivity contribution < 1.29 is 22.4 Å². The van der Waals surface area contributed by atoms with Crippen LogP contribution >= 0.6 is 0 Å². The van der Waals surface area contributed by atoms with Crippen molar-refractivity contribution in [2.75, 3.05) is 10.8 Å². The lowest BCUT2D eigenvalue weighted by Gasteiger charge is -2.33. The van der Waals surface area contributed by atoms with Gasteiger partial charge in [-0.2, -0.15) is 0 Å². The monoisotopic (exact) mass is 539 g/mol. The molecule has 2 atom stereocenters. The van der Waals surface area contributed by atoms with Crippen LogP contribution in [-0.2, 0) is 26.2 Å². The number of hydrogen-bond acceptors (Lipinski definition) is 4. The molecule has 0 aliphatic carbocycles. The smallest absolute Gasteiger partial charge is 0.264 e. The summed E-state index contributed by atoms with van der Waals surface area (Å²) in [7, 11) is -4.23. The van der Waals surface area contributed by atoms with Gasteiger partial charge in [0.2, 0.25) is 11.8 Å². The molecule has 0 heterocycles. The van der Waals surface area contributed by atoms with Crippen LogP contribution in [0.1, 0.15) is 39.2 Å². The number of benzene rings is 3. The van der Waals surface area contributed by atoms with Gasteiger partial charge in [0.05, 0.1) is 10.6 Å². The third-order valence-electron chi connectivity index (χ3n) is 6.31. The predicted molar refractivity (Wildman–Crippen MR) is 146 cm³/mol. The molecule has 0 aromatic heterocycles. The average molecular weight is 540 g/mol. The van der Waals surface area contributed by atoms with Crippen molar-refractivity contribution in [3.05, 3.63) is 96.3 Å². The van der Waals surface area contributed by atoms with Crippen molar-refractivity contribution in [2.45, 2.75) is 57.1 Å². The number of para-hydroxylation sites is 1. The summed E-state index contributed by atoms with van der Waals surface area (Å²) in [6.07, 6.45) is 1.07. The van der Waals surface area contributed by atoms with Crippen LogP contribution < -0.4 is 9.62 Å². The topological polar surface area (TPSA) is 86.8 Å². The second kappa shape index (κ2) is 13.2. The molecule has 0 fully saturated rings. The summed E-state index contributed by atoms with van der Waals surface area (Å²) < 4.78 is 41.9. The molecule has 0 saturated heterocycles. The second-order valence-corrected chi connectivity index (χ2v) is 10.9. The molecule has 38 heavy (non-hydrogen) atoms. The Morgan fingerprint density at radius 3 is 2.00 bits per heavy atom. The Morgan fingerprint density at radius 2 is 1.45 bits per heavy atom. The van der Waals surface area contributed by atoms with Gasteiger partial charge in [0.15, 0.2) is 0 Å². The lowest BCUT2D eigenvalue weighted by molar-refractivity contribution is -0.140. The van der Waals surface area contributed by atoms with Crippen LogP contribution in [0.4, 0.5) is 10.1 Å². The molecule has 2 amide bonds. The van der Waals surface area contributed by atoms with Gasteiger partial charge in [-0.25, -0.2) is 12.8 Å². The molecule has 0 radical (unpaired) electrons. The third kappa shape index (κ3) is 7.19. The molecule has 3 aromatic rings. The van der Waals surface area contributed by atoms with E-state index in [1.54, 1.807) is 30.3 Å². The van der Waals surface area contributed by atoms with Crippen LogP contribution in [0, 0.1) is 5.82 Å². The Bertz CT molecular complexity index is 1300. The highest BCUT2D eigenvalue weighted by atomic mass is 32.2. The second-order valence-electron chi connectivity index (χ2n) is 9.05. The van der Waals surface area contributed by atoms with Crippen LogP contribution in [0.25, 0.3) is 0 Å². The number of amides is 2. The number of hydrogen-bond donors (Lipinski definition) is 1. The molecule has 0 aliphatic heterocycles. The van der Waals surface area contributed by atoms with Crippen molar-refractivity contribution in [3.8, 4) is 0 Å². The van der Waals surface area contributed by atoms with E-state index in [-0.39, 0.29) is 29.1 Å². The lowest BCUT2D eigenvalue weighted by Crippen LogP contribution is -2.53. The summed E-state index contributed by atoms with van der Waals surface area (Å²) in [6.45, 7) is 5.25. The molecule has 0 saturated carbocycles. The first-order valence-corrected chi connectivity index (χ1v) is 14.1. The maximum absolute atomic E-state index is 13.9. The maximum Gasteiger partial charge on any atom is 0.264 e. The van der Waals surface area contributed by atoms with Gasteiger partial charge in [0.25, 0.3) is 10.0 Å². The van der Waals surface area contributed by atoms with Crippen LogP contribution in [0.2, 0.25) is 0 Å². The van der Waals surface area contributed by atoms with Crippen molar-refractivity contribution >= 4 is 27.5 Å². The first kappa shape index (κ1) is 28.8. The van der Waals surface area contributed by atoms with E-state index in [9.17, 15) is 22.4 Å². The first-order valence-electron chi connectivity index (χ1n) is 12.6. The summed E-state index contributed by atoms with van der Waals surface area (Å²) in [4.78, 5) is 28.4. The van der Waals surface area contributed by atoms with Gasteiger partial charge < -0.3 is 10.2 Å². The molecule has 3 rings (SSSR count). The number of carbonyl (C=O) groups is 2. The van der Waals surface area contributed by atoms with Gasteiger partial charge in [0.1, 0.15) is 18.4 Å². The highest BCUT2D eigenvalue weighted by Gasteiger charge is 2.33. The number of nitrogens with one attached hydrogen (secondary N) is 1. The van der Waals surface area contributed by atoms with Crippen LogP contribution in [0.5, 0.6) is 0 Å². The predicted octanol–water partition coefficient (Wildman–Crippen LogP) is 4.74. The molecule has 0 aliphatic rings. The number of nitrogens with zero attached hydrogens (tertiary/aromatic N) is 2. The van der Waals surface area contributed by atoms with E-state index < -0.39 is 34.3 Å². The Hall–Kier alpha value is -3.72. The molecule has 9 heteroatoms. The fourth-order valence-corrected chi connectivity index (χ4v) is 5.41. The van der Waals surface area contributed by atoms with Crippen molar-refractivity contribution in [3.63, 3.8) is 0 Å². The molecule has 7 nitrogen and oxygen atoms in total. The molecular weight excluding hydrogens is 505 g/mol. The molecule has 0 bridgehead atoms. The fourth-order valence-electron chi connectivity index (χ4n) is 4.00. The summed E-state index contributed by atoms with van der Waals surface area (Å²) in [5.74, 6) is -1.40. The van der Waals surface area contributed by atoms with Gasteiger partial charge in [-0.05, 0) is 61.7 Å². The van der Waals surface area contributed by atoms with Crippen molar-refractivity contribution in [2.24, 2.45) is 0 Å². The number of sulfonamides is 1. The Kier molecular flexibility index (Phi) is 10.0. The van der Waals surface area contributed by atoms with E-state index in [0.29, 0.717) is 6.42 Å². The molecule has 3 aromatic carbocycles. The number of carbonyl (C=O) groups excluding carboxylic acids is 2. The summed E-state index contributed by atoms with van der Waals surface area (Å²) in [5.41, 5.74) is 1.09. The number of rotatable bonds is 12. The third-order valence-corrected chi connectivity index (χ3v) is 8.10. The van der Waals surface area contributed by atoms with E-state index in [1.165, 1.54) is 17.0 Å². The first-order chi connectivity index (χ1) is 18.2. The number of halogens is 1. The van der Waals surface area contributed by atoms with E-state index >= 15 is 0 Å². The molecular formula is C29H34FN3O4S. The standard InChI is InChI=1S/C29H34FN3O4S/c1-4-22(3)31-29(35)27(5-2)32(20-23-12-8-6-9-13-23)28(34)21-33(25-14-10-7-11-15-25)38(36,37)26-18-16-24(30)17-19-26/h6-19,22,27H,4-5,20-21H2,1-3H3,(H,31,35)/t22-,27+/m0/s1. The highest BCUT2D eigenvalue weighted by Crippen LogP contribution is 2.25. The summed E-state index contributed by atoms with van der Waals surface area (Å²) >= 11 is 0. The minimum Gasteiger partial charge on any atom is -0.352 e. The Labute approximate surface area is 224 Å². The van der Waals surface area contributed by atoms with E-state index in [2.05, 4.69) is 5.32 Å². The average Bonchev–Trinajstić information content (AvgIpc) is 2.92. The van der Waals surface area contributed by atoms with Crippen molar-refractivity contribution in [1.82, 2.24) is 10.2 Å². The van der Waals surface area contributed by atoms with Gasteiger partial charge in [-0.15, -0.1) is 0 Å². The zero-order valence-electron chi connectivity index (χ0n) is 21.9. The Balaban J connectivity index is 2.01. The van der Waals surface area contributed by atoms with Gasteiger partial charge in [-0.3, -0.25) is 13.9 Å². The molecule has 0 unspecified atom stereocenters.